The zero-order valence-corrected chi connectivity index (χ0v) is 17.3. The summed E-state index contributed by atoms with van der Waals surface area (Å²) in [5.74, 6) is 0.323. The number of piperazine rings is 1. The van der Waals surface area contributed by atoms with Gasteiger partial charge in [0, 0.05) is 38.3 Å². The first-order valence-corrected chi connectivity index (χ1v) is 11.8. The first-order chi connectivity index (χ1) is 13.9. The third kappa shape index (κ3) is 5.90. The lowest BCUT2D eigenvalue weighted by molar-refractivity contribution is -0.132. The fourth-order valence-corrected chi connectivity index (χ4v) is 5.46. The van der Waals surface area contributed by atoms with Crippen LogP contribution in [-0.2, 0) is 19.4 Å². The molecule has 2 saturated heterocycles. The van der Waals surface area contributed by atoms with Gasteiger partial charge in [0.2, 0.25) is 5.91 Å². The highest BCUT2D eigenvalue weighted by Gasteiger charge is 2.28. The summed E-state index contributed by atoms with van der Waals surface area (Å²) in [5, 5.41) is 8.88. The van der Waals surface area contributed by atoms with Gasteiger partial charge in [0.15, 0.2) is 5.78 Å². The van der Waals surface area contributed by atoms with E-state index >= 15 is 0 Å². The highest BCUT2D eigenvalue weighted by molar-refractivity contribution is 7.91. The van der Waals surface area contributed by atoms with E-state index in [1.807, 2.05) is 29.2 Å². The molecule has 158 valence electrons. The summed E-state index contributed by atoms with van der Waals surface area (Å²) >= 11 is 0. The maximum atomic E-state index is 12.6. The molecule has 2 fully saturated rings. The van der Waals surface area contributed by atoms with Crippen molar-refractivity contribution in [2.45, 2.75) is 19.3 Å². The van der Waals surface area contributed by atoms with Gasteiger partial charge in [-0.25, -0.2) is 8.42 Å². The molecular weight excluding hydrogens is 392 g/mol. The largest absolute Gasteiger partial charge is 0.388 e. The van der Waals surface area contributed by atoms with Gasteiger partial charge < -0.3 is 14.9 Å². The van der Waals surface area contributed by atoms with Crippen molar-refractivity contribution < 1.29 is 23.1 Å². The minimum atomic E-state index is -2.90. The number of anilines is 1. The summed E-state index contributed by atoms with van der Waals surface area (Å²) in [4.78, 5) is 28.1. The molecule has 1 amide bonds. The lowest BCUT2D eigenvalue weighted by atomic mass is 9.98. The lowest BCUT2D eigenvalue weighted by Crippen LogP contribution is -2.49. The number of aliphatic hydroxyl groups is 1. The van der Waals surface area contributed by atoms with E-state index in [4.69, 9.17) is 5.11 Å². The van der Waals surface area contributed by atoms with Crippen molar-refractivity contribution >= 4 is 33.3 Å². The van der Waals surface area contributed by atoms with E-state index in [2.05, 4.69) is 4.90 Å². The Labute approximate surface area is 171 Å². The quantitative estimate of drug-likeness (QED) is 0.693. The van der Waals surface area contributed by atoms with Gasteiger partial charge in [0.1, 0.15) is 16.4 Å². The number of hydrogen-bond acceptors (Lipinski definition) is 6. The van der Waals surface area contributed by atoms with Crippen LogP contribution >= 0.6 is 0 Å². The van der Waals surface area contributed by atoms with Crippen LogP contribution in [0.3, 0.4) is 0 Å². The topological polar surface area (TPSA) is 95.0 Å². The summed E-state index contributed by atoms with van der Waals surface area (Å²) in [6.07, 6.45) is 4.68. The van der Waals surface area contributed by atoms with E-state index in [1.165, 1.54) is 6.08 Å². The predicted octanol–water partition coefficient (Wildman–Crippen LogP) is 1.12. The smallest absolute Gasteiger partial charge is 0.222 e. The molecule has 2 aliphatic heterocycles. The molecule has 0 atom stereocenters. The average molecular weight is 421 g/mol. The van der Waals surface area contributed by atoms with Crippen LogP contribution < -0.4 is 4.90 Å². The minimum absolute atomic E-state index is 0.107. The highest BCUT2D eigenvalue weighted by atomic mass is 32.2. The number of ketones is 1. The number of sulfone groups is 1. The second-order valence-corrected chi connectivity index (χ2v) is 9.99. The molecule has 0 unspecified atom stereocenters. The number of para-hydroxylation sites is 1. The summed E-state index contributed by atoms with van der Waals surface area (Å²) in [5.41, 5.74) is 1.90. The van der Waals surface area contributed by atoms with Gasteiger partial charge >= 0.3 is 0 Å². The summed E-state index contributed by atoms with van der Waals surface area (Å²) in [7, 11) is -2.90. The second kappa shape index (κ2) is 9.54. The highest BCUT2D eigenvalue weighted by Crippen LogP contribution is 2.25. The molecule has 0 spiro atoms. The lowest BCUT2D eigenvalue weighted by Gasteiger charge is -2.37. The molecular formula is C21H28N2O5S. The first kappa shape index (κ1) is 21.5. The average Bonchev–Trinajstić information content (AvgIpc) is 2.73. The van der Waals surface area contributed by atoms with E-state index in [0.717, 1.165) is 11.3 Å². The zero-order valence-electron chi connectivity index (χ0n) is 16.5. The van der Waals surface area contributed by atoms with Crippen molar-refractivity contribution in [2.75, 3.05) is 49.2 Å². The molecule has 0 saturated carbocycles. The van der Waals surface area contributed by atoms with Crippen LogP contribution in [0.4, 0.5) is 5.69 Å². The number of aliphatic hydroxyl groups excluding tert-OH is 1. The Morgan fingerprint density at radius 1 is 1.07 bits per heavy atom. The fraction of sp³-hybridized carbons (Fsp3) is 0.524. The van der Waals surface area contributed by atoms with Crippen LogP contribution in [0.2, 0.25) is 0 Å². The third-order valence-corrected chi connectivity index (χ3v) is 7.37. The number of amides is 1. The van der Waals surface area contributed by atoms with Gasteiger partial charge in [-0.3, -0.25) is 9.59 Å². The van der Waals surface area contributed by atoms with Crippen LogP contribution in [0.25, 0.3) is 6.08 Å². The van der Waals surface area contributed by atoms with Crippen molar-refractivity contribution in [1.82, 2.24) is 4.90 Å². The molecule has 2 heterocycles. The normalized spacial score (nSPS) is 20.2. The van der Waals surface area contributed by atoms with Crippen molar-refractivity contribution in [3.8, 4) is 0 Å². The molecule has 8 heteroatoms. The number of nitrogens with zero attached hydrogens (tertiary/aromatic N) is 2. The standard InChI is InChI=1S/C21H28N2O5S/c24-16-19(25)6-5-18-3-1-2-4-20(18)22-9-11-23(12-10-22)21(26)15-17-7-13-29(27,28)14-8-17/h1-6,17,24H,7-16H2/b6-5+. The van der Waals surface area contributed by atoms with E-state index in [1.54, 1.807) is 6.08 Å². The van der Waals surface area contributed by atoms with Gasteiger partial charge in [0.05, 0.1) is 11.5 Å². The molecule has 0 aromatic heterocycles. The maximum absolute atomic E-state index is 12.6. The maximum Gasteiger partial charge on any atom is 0.222 e. The molecule has 0 bridgehead atoms. The third-order valence-electron chi connectivity index (χ3n) is 5.65. The molecule has 3 rings (SSSR count). The number of hydrogen-bond donors (Lipinski definition) is 1. The molecule has 1 N–H and O–H groups in total. The van der Waals surface area contributed by atoms with Crippen molar-refractivity contribution in [3.05, 3.63) is 35.9 Å². The molecule has 29 heavy (non-hydrogen) atoms. The molecule has 0 aliphatic carbocycles. The monoisotopic (exact) mass is 420 g/mol. The van der Waals surface area contributed by atoms with Gasteiger partial charge in [0.25, 0.3) is 0 Å². The van der Waals surface area contributed by atoms with E-state index < -0.39 is 16.4 Å². The van der Waals surface area contributed by atoms with Crippen molar-refractivity contribution in [2.24, 2.45) is 5.92 Å². The minimum Gasteiger partial charge on any atom is -0.388 e. The number of rotatable bonds is 6. The number of carbonyl (C=O) groups excluding carboxylic acids is 2. The molecule has 1 aromatic carbocycles. The SMILES string of the molecule is O=C(/C=C/c1ccccc1N1CCN(C(=O)CC2CCS(=O)(=O)CC2)CC1)CO. The molecule has 7 nitrogen and oxygen atoms in total. The summed E-state index contributed by atoms with van der Waals surface area (Å²) in [6, 6.07) is 7.75. The van der Waals surface area contributed by atoms with Crippen molar-refractivity contribution in [3.63, 3.8) is 0 Å². The first-order valence-electron chi connectivity index (χ1n) is 10.0. The fourth-order valence-electron chi connectivity index (χ4n) is 3.87. The van der Waals surface area contributed by atoms with Gasteiger partial charge in [-0.2, -0.15) is 0 Å². The summed E-state index contributed by atoms with van der Waals surface area (Å²) in [6.45, 7) is 2.13. The van der Waals surface area contributed by atoms with E-state index in [-0.39, 0.29) is 29.1 Å². The van der Waals surface area contributed by atoms with Crippen LogP contribution in [0.5, 0.6) is 0 Å². The number of carbonyl (C=O) groups is 2. The van der Waals surface area contributed by atoms with Gasteiger partial charge in [-0.1, -0.05) is 18.2 Å². The van der Waals surface area contributed by atoms with Crippen LogP contribution in [-0.4, -0.2) is 74.4 Å². The molecule has 2 aliphatic rings. The van der Waals surface area contributed by atoms with Gasteiger partial charge in [-0.15, -0.1) is 0 Å². The van der Waals surface area contributed by atoms with Gasteiger partial charge in [-0.05, 0) is 42.5 Å². The zero-order chi connectivity index (χ0) is 20.9. The molecule has 1 aromatic rings. The van der Waals surface area contributed by atoms with Crippen molar-refractivity contribution in [1.29, 1.82) is 0 Å². The van der Waals surface area contributed by atoms with Crippen LogP contribution in [0.1, 0.15) is 24.8 Å². The van der Waals surface area contributed by atoms with E-state index in [9.17, 15) is 18.0 Å². The molecule has 0 radical (unpaired) electrons. The van der Waals surface area contributed by atoms with Crippen LogP contribution in [0.15, 0.2) is 30.3 Å². The Balaban J connectivity index is 1.55. The predicted molar refractivity (Wildman–Crippen MR) is 112 cm³/mol. The summed E-state index contributed by atoms with van der Waals surface area (Å²) < 4.78 is 23.1. The Morgan fingerprint density at radius 3 is 2.38 bits per heavy atom. The second-order valence-electron chi connectivity index (χ2n) is 7.68. The Kier molecular flexibility index (Phi) is 7.08. The number of benzene rings is 1. The Bertz CT molecular complexity index is 859. The van der Waals surface area contributed by atoms with Crippen LogP contribution in [0, 0.1) is 5.92 Å². The Hall–Kier alpha value is -2.19. The van der Waals surface area contributed by atoms with E-state index in [0.29, 0.717) is 45.4 Å². The Morgan fingerprint density at radius 2 is 1.72 bits per heavy atom.